The van der Waals surface area contributed by atoms with Crippen LogP contribution in [0.25, 0.3) is 22.0 Å². The molecule has 194 valence electrons. The summed E-state index contributed by atoms with van der Waals surface area (Å²) in [6, 6.07) is 6.20. The molecule has 3 aromatic heterocycles. The Balaban J connectivity index is 1.22. The van der Waals surface area contributed by atoms with Crippen molar-refractivity contribution < 1.29 is 32.2 Å². The molecule has 0 radical (unpaired) electrons. The van der Waals surface area contributed by atoms with E-state index in [0.29, 0.717) is 48.0 Å². The van der Waals surface area contributed by atoms with Gasteiger partial charge in [0.25, 0.3) is 5.91 Å². The number of halogens is 3. The molecular weight excluding hydrogens is 505 g/mol. The number of rotatable bonds is 2. The zero-order valence-electron chi connectivity index (χ0n) is 19.6. The summed E-state index contributed by atoms with van der Waals surface area (Å²) in [5, 5.41) is 4.16. The number of morpholine rings is 1. The Morgan fingerprint density at radius 2 is 1.95 bits per heavy atom. The molecule has 0 spiro atoms. The number of carbonyl (C=O) groups excluding carboxylic acids is 1. The number of alkyl halides is 3. The van der Waals surface area contributed by atoms with Crippen LogP contribution in [0, 0.1) is 0 Å². The first kappa shape index (κ1) is 22.9. The van der Waals surface area contributed by atoms with Gasteiger partial charge in [-0.3, -0.25) is 4.79 Å². The summed E-state index contributed by atoms with van der Waals surface area (Å²) >= 11 is 0. The van der Waals surface area contributed by atoms with E-state index in [2.05, 4.69) is 15.1 Å². The Morgan fingerprint density at radius 1 is 1.11 bits per heavy atom. The fraction of sp³-hybridized carbons (Fsp3) is 0.280. The molecule has 13 heteroatoms. The number of anilines is 1. The summed E-state index contributed by atoms with van der Waals surface area (Å²) in [6.07, 6.45) is -1.79. The largest absolute Gasteiger partial charge is 0.504 e. The Kier molecular flexibility index (Phi) is 4.91. The van der Waals surface area contributed by atoms with Crippen molar-refractivity contribution >= 4 is 22.6 Å². The molecule has 0 saturated carbocycles. The number of ether oxygens (including phenoxy) is 3. The molecule has 2 N–H and O–H groups in total. The highest BCUT2D eigenvalue weighted by molar-refractivity contribution is 5.97. The number of hydrogen-bond donors (Lipinski definition) is 1. The van der Waals surface area contributed by atoms with Gasteiger partial charge in [-0.05, 0) is 23.3 Å². The lowest BCUT2D eigenvalue weighted by molar-refractivity contribution is -0.212. The number of carbonyl (C=O) groups is 1. The van der Waals surface area contributed by atoms with Crippen LogP contribution in [0.4, 0.5) is 19.0 Å². The predicted octanol–water partition coefficient (Wildman–Crippen LogP) is 3.51. The van der Waals surface area contributed by atoms with Crippen LogP contribution in [-0.2, 0) is 29.0 Å². The summed E-state index contributed by atoms with van der Waals surface area (Å²) < 4.78 is 56.2. The Morgan fingerprint density at radius 3 is 2.76 bits per heavy atom. The first-order chi connectivity index (χ1) is 18.3. The number of benzene rings is 1. The van der Waals surface area contributed by atoms with Crippen molar-refractivity contribution in [3.63, 3.8) is 0 Å². The second kappa shape index (κ2) is 8.13. The third kappa shape index (κ3) is 3.50. The van der Waals surface area contributed by atoms with E-state index in [0.717, 1.165) is 28.9 Å². The molecule has 3 aliphatic heterocycles. The summed E-state index contributed by atoms with van der Waals surface area (Å²) in [5.41, 5.74) is 10.1. The molecular formula is C25H19F3N6O4. The first-order valence-corrected chi connectivity index (χ1v) is 11.8. The third-order valence-corrected chi connectivity index (χ3v) is 7.05. The van der Waals surface area contributed by atoms with Gasteiger partial charge in [0.05, 0.1) is 37.7 Å². The second-order valence-corrected chi connectivity index (χ2v) is 9.23. The average molecular weight is 524 g/mol. The maximum atomic E-state index is 13.7. The van der Waals surface area contributed by atoms with E-state index in [1.807, 2.05) is 0 Å². The van der Waals surface area contributed by atoms with Gasteiger partial charge in [0.2, 0.25) is 6.29 Å². The highest BCUT2D eigenvalue weighted by Crippen LogP contribution is 2.45. The van der Waals surface area contributed by atoms with Crippen molar-refractivity contribution in [2.45, 2.75) is 31.8 Å². The molecule has 1 saturated heterocycles. The van der Waals surface area contributed by atoms with Gasteiger partial charge < -0.3 is 24.8 Å². The molecule has 0 bridgehead atoms. The predicted molar refractivity (Wildman–Crippen MR) is 126 cm³/mol. The molecule has 1 aromatic carbocycles. The van der Waals surface area contributed by atoms with Gasteiger partial charge in [-0.1, -0.05) is 12.1 Å². The van der Waals surface area contributed by atoms with Gasteiger partial charge in [-0.25, -0.2) is 9.97 Å². The molecule has 10 nitrogen and oxygen atoms in total. The van der Waals surface area contributed by atoms with Gasteiger partial charge in [0, 0.05) is 34.8 Å². The Labute approximate surface area is 212 Å². The number of hydrogen-bond acceptors (Lipinski definition) is 8. The van der Waals surface area contributed by atoms with Crippen LogP contribution in [-0.4, -0.2) is 50.0 Å². The SMILES string of the molecule is Nc1nc2cnc(C(=O)N3CCO[C@@H]4Oc5cc(-c6cnn(C(F)(F)F)c6)ccc5[C@@H]43)cc2c2c1COC2. The maximum absolute atomic E-state index is 13.7. The van der Waals surface area contributed by atoms with Crippen molar-refractivity contribution in [1.82, 2.24) is 24.6 Å². The van der Waals surface area contributed by atoms with E-state index >= 15 is 0 Å². The van der Waals surface area contributed by atoms with Gasteiger partial charge in [0.1, 0.15) is 23.3 Å². The number of fused-ring (bicyclic) bond motifs is 6. The normalized spacial score (nSPS) is 20.2. The summed E-state index contributed by atoms with van der Waals surface area (Å²) in [5.74, 6) is 0.520. The molecule has 4 aromatic rings. The molecule has 2 atom stereocenters. The van der Waals surface area contributed by atoms with Crippen molar-refractivity contribution in [1.29, 1.82) is 0 Å². The quantitative estimate of drug-likeness (QED) is 0.423. The molecule has 0 aliphatic carbocycles. The van der Waals surface area contributed by atoms with Crippen LogP contribution in [0.1, 0.15) is 33.2 Å². The molecule has 1 fully saturated rings. The average Bonchev–Trinajstić information content (AvgIpc) is 3.66. The zero-order chi connectivity index (χ0) is 26.2. The minimum Gasteiger partial charge on any atom is -0.462 e. The van der Waals surface area contributed by atoms with Crippen LogP contribution in [0.15, 0.2) is 42.9 Å². The van der Waals surface area contributed by atoms with E-state index in [9.17, 15) is 18.0 Å². The summed E-state index contributed by atoms with van der Waals surface area (Å²) in [4.78, 5) is 24.1. The van der Waals surface area contributed by atoms with Gasteiger partial charge in [-0.2, -0.15) is 9.78 Å². The van der Waals surface area contributed by atoms with Crippen LogP contribution in [0.5, 0.6) is 5.75 Å². The first-order valence-electron chi connectivity index (χ1n) is 11.8. The lowest BCUT2D eigenvalue weighted by Gasteiger charge is -2.36. The smallest absolute Gasteiger partial charge is 0.462 e. The van der Waals surface area contributed by atoms with Gasteiger partial charge >= 0.3 is 6.30 Å². The molecule has 38 heavy (non-hydrogen) atoms. The number of nitrogens with two attached hydrogens (primary N) is 1. The van der Waals surface area contributed by atoms with Gasteiger partial charge in [-0.15, -0.1) is 13.2 Å². The summed E-state index contributed by atoms with van der Waals surface area (Å²) in [7, 11) is 0. The summed E-state index contributed by atoms with van der Waals surface area (Å²) in [6.45, 7) is 1.31. The highest BCUT2D eigenvalue weighted by Gasteiger charge is 2.45. The lowest BCUT2D eigenvalue weighted by Crippen LogP contribution is -2.47. The number of amides is 1. The topological polar surface area (TPSA) is 118 Å². The number of pyridine rings is 2. The number of nitrogens with zero attached hydrogens (tertiary/aromatic N) is 5. The third-order valence-electron chi connectivity index (χ3n) is 7.05. The van der Waals surface area contributed by atoms with E-state index in [-0.39, 0.29) is 28.5 Å². The van der Waals surface area contributed by atoms with Crippen LogP contribution >= 0.6 is 0 Å². The van der Waals surface area contributed by atoms with Crippen molar-refractivity contribution in [2.24, 2.45) is 0 Å². The molecule has 6 heterocycles. The Hall–Kier alpha value is -4.23. The van der Waals surface area contributed by atoms with E-state index < -0.39 is 18.6 Å². The van der Waals surface area contributed by atoms with E-state index in [4.69, 9.17) is 19.9 Å². The van der Waals surface area contributed by atoms with Gasteiger partial charge in [0.15, 0.2) is 0 Å². The minimum absolute atomic E-state index is 0.0539. The molecule has 1 amide bonds. The van der Waals surface area contributed by atoms with Crippen molar-refractivity contribution in [3.8, 4) is 16.9 Å². The van der Waals surface area contributed by atoms with Crippen LogP contribution < -0.4 is 10.5 Å². The maximum Gasteiger partial charge on any atom is 0.504 e. The Bertz CT molecular complexity index is 1620. The van der Waals surface area contributed by atoms with Crippen molar-refractivity contribution in [2.75, 3.05) is 18.9 Å². The highest BCUT2D eigenvalue weighted by atomic mass is 19.4. The van der Waals surface area contributed by atoms with Crippen LogP contribution in [0.2, 0.25) is 0 Å². The molecule has 7 rings (SSSR count). The minimum atomic E-state index is -4.61. The fourth-order valence-electron chi connectivity index (χ4n) is 5.22. The van der Waals surface area contributed by atoms with Crippen LogP contribution in [0.3, 0.4) is 0 Å². The second-order valence-electron chi connectivity index (χ2n) is 9.23. The van der Waals surface area contributed by atoms with E-state index in [1.54, 1.807) is 29.2 Å². The standard InChI is InChI=1S/C25H19F3N6O4/c26-25(27,28)34-9-13(7-31-34)12-1-2-14-20(5-12)38-24-21(14)33(3-4-37-24)23(35)18-6-15-16-10-36-11-17(16)22(29)32-19(15)8-30-18/h1-2,5-9,21,24H,3-4,10-11H2,(H2,29,32)/t21-,24+/m0/s1. The molecule has 0 unspecified atom stereocenters. The lowest BCUT2D eigenvalue weighted by atomic mass is 10.0. The zero-order valence-corrected chi connectivity index (χ0v) is 19.6. The van der Waals surface area contributed by atoms with E-state index in [1.165, 1.54) is 6.20 Å². The van der Waals surface area contributed by atoms with Crippen molar-refractivity contribution in [3.05, 3.63) is 65.2 Å². The fourth-order valence-corrected chi connectivity index (χ4v) is 5.22. The molecule has 3 aliphatic rings. The monoisotopic (exact) mass is 524 g/mol. The number of nitrogen functional groups attached to an aromatic ring is 1. The number of aromatic nitrogens is 4.